The number of carbonyl (C=O) groups excluding carboxylic acids is 2. The number of halogens is 1. The summed E-state index contributed by atoms with van der Waals surface area (Å²) in [5.41, 5.74) is 0.437. The third-order valence-electron chi connectivity index (χ3n) is 7.52. The molecule has 1 aromatic carbocycles. The zero-order valence-electron chi connectivity index (χ0n) is 20.6. The molecule has 7 heteroatoms. The van der Waals surface area contributed by atoms with Crippen LogP contribution in [-0.2, 0) is 9.59 Å². The van der Waals surface area contributed by atoms with E-state index in [1.807, 2.05) is 7.05 Å². The minimum atomic E-state index is -0.321. The van der Waals surface area contributed by atoms with Crippen LogP contribution in [0.5, 0.6) is 0 Å². The molecule has 5 atom stereocenters. The first-order chi connectivity index (χ1) is 16.3. The van der Waals surface area contributed by atoms with Crippen molar-refractivity contribution in [3.8, 4) is 0 Å². The number of rotatable bonds is 6. The van der Waals surface area contributed by atoms with Gasteiger partial charge in [0.1, 0.15) is 5.82 Å². The van der Waals surface area contributed by atoms with E-state index in [-0.39, 0.29) is 34.8 Å². The van der Waals surface area contributed by atoms with Gasteiger partial charge in [-0.25, -0.2) is 4.39 Å². The van der Waals surface area contributed by atoms with Crippen molar-refractivity contribution in [2.45, 2.75) is 57.2 Å². The summed E-state index contributed by atoms with van der Waals surface area (Å²) in [5.74, 6) is 1.17. The molecule has 4 rings (SSSR count). The molecule has 2 aliphatic heterocycles. The topological polar surface area (TPSA) is 52.7 Å². The van der Waals surface area contributed by atoms with E-state index < -0.39 is 0 Å². The SMILES string of the molecule is CC1CC(C)CN(CCCNC(=O)C2CCC3S/C(=C\c4ccccc4F)C(=O)N(C)C3C2)C1. The van der Waals surface area contributed by atoms with Crippen LogP contribution >= 0.6 is 11.8 Å². The van der Waals surface area contributed by atoms with Gasteiger partial charge < -0.3 is 15.1 Å². The van der Waals surface area contributed by atoms with E-state index in [1.54, 1.807) is 40.9 Å². The minimum absolute atomic E-state index is 0.0381. The predicted octanol–water partition coefficient (Wildman–Crippen LogP) is 4.39. The van der Waals surface area contributed by atoms with E-state index in [0.717, 1.165) is 50.7 Å². The van der Waals surface area contributed by atoms with Crippen LogP contribution in [-0.4, -0.2) is 66.1 Å². The maximum Gasteiger partial charge on any atom is 0.260 e. The maximum absolute atomic E-state index is 14.1. The molecule has 1 N–H and O–H groups in total. The van der Waals surface area contributed by atoms with Crippen LogP contribution in [0.15, 0.2) is 29.2 Å². The third-order valence-corrected chi connectivity index (χ3v) is 8.92. The molecule has 0 aromatic heterocycles. The van der Waals surface area contributed by atoms with Crippen molar-refractivity contribution in [3.63, 3.8) is 0 Å². The van der Waals surface area contributed by atoms with E-state index in [1.165, 1.54) is 12.5 Å². The Labute approximate surface area is 207 Å². The summed E-state index contributed by atoms with van der Waals surface area (Å²) in [6.45, 7) is 8.72. The molecule has 5 unspecified atom stereocenters. The van der Waals surface area contributed by atoms with Crippen molar-refractivity contribution < 1.29 is 14.0 Å². The van der Waals surface area contributed by atoms with Crippen molar-refractivity contribution >= 4 is 29.7 Å². The summed E-state index contributed by atoms with van der Waals surface area (Å²) < 4.78 is 14.1. The van der Waals surface area contributed by atoms with Crippen molar-refractivity contribution in [3.05, 3.63) is 40.6 Å². The fourth-order valence-corrected chi connectivity index (χ4v) is 7.37. The summed E-state index contributed by atoms with van der Waals surface area (Å²) in [6, 6.07) is 6.56. The van der Waals surface area contributed by atoms with Gasteiger partial charge in [-0.05, 0) is 62.6 Å². The number of hydrogen-bond donors (Lipinski definition) is 1. The van der Waals surface area contributed by atoms with Gasteiger partial charge in [0, 0.05) is 49.5 Å². The number of benzene rings is 1. The van der Waals surface area contributed by atoms with Crippen LogP contribution in [0, 0.1) is 23.6 Å². The second-order valence-electron chi connectivity index (χ2n) is 10.5. The molecule has 3 fully saturated rings. The Morgan fingerprint density at radius 2 is 1.91 bits per heavy atom. The number of nitrogens with one attached hydrogen (secondary N) is 1. The van der Waals surface area contributed by atoms with E-state index in [2.05, 4.69) is 24.1 Å². The summed E-state index contributed by atoms with van der Waals surface area (Å²) in [7, 11) is 1.82. The predicted molar refractivity (Wildman–Crippen MR) is 137 cm³/mol. The van der Waals surface area contributed by atoms with Crippen molar-refractivity contribution in [2.75, 3.05) is 33.2 Å². The smallest absolute Gasteiger partial charge is 0.260 e. The van der Waals surface area contributed by atoms with Crippen LogP contribution < -0.4 is 5.32 Å². The van der Waals surface area contributed by atoms with Crippen LogP contribution in [0.3, 0.4) is 0 Å². The molecule has 0 radical (unpaired) electrons. The van der Waals surface area contributed by atoms with Gasteiger partial charge in [-0.15, -0.1) is 11.8 Å². The largest absolute Gasteiger partial charge is 0.356 e. The molecular weight excluding hydrogens is 449 g/mol. The Hall–Kier alpha value is -1.86. The molecule has 1 aromatic rings. The summed E-state index contributed by atoms with van der Waals surface area (Å²) in [6.07, 6.45) is 6.35. The molecule has 1 aliphatic carbocycles. The quantitative estimate of drug-likeness (QED) is 0.478. The first-order valence-electron chi connectivity index (χ1n) is 12.7. The number of nitrogens with zero attached hydrogens (tertiary/aromatic N) is 2. The summed E-state index contributed by atoms with van der Waals surface area (Å²) in [5, 5.41) is 3.40. The molecule has 2 heterocycles. The van der Waals surface area contributed by atoms with Gasteiger partial charge in [0.15, 0.2) is 0 Å². The molecule has 0 bridgehead atoms. The van der Waals surface area contributed by atoms with E-state index in [9.17, 15) is 14.0 Å². The lowest BCUT2D eigenvalue weighted by Gasteiger charge is -2.44. The van der Waals surface area contributed by atoms with Crippen LogP contribution in [0.1, 0.15) is 51.5 Å². The second kappa shape index (κ2) is 11.3. The molecule has 0 spiro atoms. The Bertz CT molecular complexity index is 913. The van der Waals surface area contributed by atoms with Crippen molar-refractivity contribution in [2.24, 2.45) is 17.8 Å². The van der Waals surface area contributed by atoms with Gasteiger partial charge in [-0.1, -0.05) is 32.0 Å². The number of likely N-dealkylation sites (N-methyl/N-ethyl adjacent to an activating group) is 1. The first-order valence-corrected chi connectivity index (χ1v) is 13.6. The van der Waals surface area contributed by atoms with E-state index in [4.69, 9.17) is 0 Å². The van der Waals surface area contributed by atoms with E-state index >= 15 is 0 Å². The average Bonchev–Trinajstić information content (AvgIpc) is 2.80. The van der Waals surface area contributed by atoms with Gasteiger partial charge in [-0.2, -0.15) is 0 Å². The Morgan fingerprint density at radius 1 is 1.18 bits per heavy atom. The molecule has 1 saturated carbocycles. The third kappa shape index (κ3) is 6.03. The zero-order chi connectivity index (χ0) is 24.2. The highest BCUT2D eigenvalue weighted by molar-refractivity contribution is 8.04. The normalized spacial score (nSPS) is 31.4. The van der Waals surface area contributed by atoms with E-state index in [0.29, 0.717) is 23.4 Å². The van der Waals surface area contributed by atoms with Gasteiger partial charge >= 0.3 is 0 Å². The Morgan fingerprint density at radius 3 is 2.65 bits per heavy atom. The zero-order valence-corrected chi connectivity index (χ0v) is 21.5. The Kier molecular flexibility index (Phi) is 8.35. The highest BCUT2D eigenvalue weighted by Gasteiger charge is 2.42. The number of hydrogen-bond acceptors (Lipinski definition) is 4. The lowest BCUT2D eigenvalue weighted by molar-refractivity contribution is -0.131. The maximum atomic E-state index is 14.1. The fraction of sp³-hybridized carbons (Fsp3) is 0.630. The monoisotopic (exact) mass is 487 g/mol. The molecular formula is C27H38FN3O2S. The number of amides is 2. The fourth-order valence-electron chi connectivity index (χ4n) is 5.90. The standard InChI is InChI=1S/C27H38FN3O2S/c1-18-13-19(2)17-31(16-18)12-6-11-29-26(32)21-9-10-24-23(14-21)30(3)27(33)25(34-24)15-20-7-4-5-8-22(20)28/h4-5,7-8,15,18-19,21,23-24H,6,9-14,16-17H2,1-3H3,(H,29,32)/b25-15-. The van der Waals surface area contributed by atoms with Crippen LogP contribution in [0.25, 0.3) is 6.08 Å². The van der Waals surface area contributed by atoms with Crippen LogP contribution in [0.2, 0.25) is 0 Å². The minimum Gasteiger partial charge on any atom is -0.356 e. The number of fused-ring (bicyclic) bond motifs is 1. The second-order valence-corrected chi connectivity index (χ2v) is 11.8. The summed E-state index contributed by atoms with van der Waals surface area (Å²) in [4.78, 5) is 30.7. The van der Waals surface area contributed by atoms with Crippen LogP contribution in [0.4, 0.5) is 4.39 Å². The highest BCUT2D eigenvalue weighted by Crippen LogP contribution is 2.43. The number of likely N-dealkylation sites (tertiary alicyclic amines) is 1. The summed E-state index contributed by atoms with van der Waals surface area (Å²) >= 11 is 1.55. The lowest BCUT2D eigenvalue weighted by atomic mass is 9.83. The van der Waals surface area contributed by atoms with Gasteiger partial charge in [-0.3, -0.25) is 9.59 Å². The van der Waals surface area contributed by atoms with Crippen molar-refractivity contribution in [1.82, 2.24) is 15.1 Å². The van der Waals surface area contributed by atoms with Gasteiger partial charge in [0.25, 0.3) is 5.91 Å². The molecule has 3 aliphatic rings. The van der Waals surface area contributed by atoms with Gasteiger partial charge in [0.2, 0.25) is 5.91 Å². The number of piperidine rings is 1. The molecule has 5 nitrogen and oxygen atoms in total. The Balaban J connectivity index is 1.27. The molecule has 34 heavy (non-hydrogen) atoms. The lowest BCUT2D eigenvalue weighted by Crippen LogP contribution is -2.52. The van der Waals surface area contributed by atoms with Crippen molar-refractivity contribution in [1.29, 1.82) is 0 Å². The van der Waals surface area contributed by atoms with Gasteiger partial charge in [0.05, 0.1) is 4.91 Å². The molecule has 2 saturated heterocycles. The average molecular weight is 488 g/mol. The number of thioether (sulfide) groups is 1. The first kappa shape index (κ1) is 25.2. The molecule has 186 valence electrons. The molecule has 2 amide bonds. The highest BCUT2D eigenvalue weighted by atomic mass is 32.2. The number of carbonyl (C=O) groups is 2.